The Morgan fingerprint density at radius 3 is 3.14 bits per heavy atom. The van der Waals surface area contributed by atoms with Gasteiger partial charge in [0.25, 0.3) is 0 Å². The number of aryl methyl sites for hydroxylation is 1. The van der Waals surface area contributed by atoms with Gasteiger partial charge in [0, 0.05) is 5.75 Å². The van der Waals surface area contributed by atoms with Crippen LogP contribution in [-0.2, 0) is 6.42 Å². The van der Waals surface area contributed by atoms with Crippen LogP contribution in [0.4, 0.5) is 0 Å². The summed E-state index contributed by atoms with van der Waals surface area (Å²) >= 11 is 1.80. The molecule has 1 atom stereocenters. The molecule has 0 fully saturated rings. The van der Waals surface area contributed by atoms with Crippen molar-refractivity contribution in [2.45, 2.75) is 30.2 Å². The summed E-state index contributed by atoms with van der Waals surface area (Å²) in [6, 6.07) is 8.85. The molecule has 2 heterocycles. The molecular formula is C16H16N4S. The average molecular weight is 296 g/mol. The molecule has 0 saturated carbocycles. The minimum Gasteiger partial charge on any atom is -0.341 e. The fourth-order valence-corrected chi connectivity index (χ4v) is 4.18. The Labute approximate surface area is 127 Å². The van der Waals surface area contributed by atoms with Crippen molar-refractivity contribution in [3.8, 4) is 0 Å². The molecule has 1 aromatic carbocycles. The predicted octanol–water partition coefficient (Wildman–Crippen LogP) is 3.57. The minimum atomic E-state index is 0.618. The van der Waals surface area contributed by atoms with Crippen LogP contribution < -0.4 is 0 Å². The van der Waals surface area contributed by atoms with E-state index in [0.29, 0.717) is 5.92 Å². The molecule has 1 aliphatic carbocycles. The summed E-state index contributed by atoms with van der Waals surface area (Å²) in [6.07, 6.45) is 7.04. The topological polar surface area (TPSA) is 54.5 Å². The lowest BCUT2D eigenvalue weighted by Gasteiger charge is -2.25. The summed E-state index contributed by atoms with van der Waals surface area (Å²) in [5, 5.41) is 1.00. The minimum absolute atomic E-state index is 0.618. The van der Waals surface area contributed by atoms with Crippen LogP contribution in [0.15, 0.2) is 41.9 Å². The number of benzene rings is 1. The van der Waals surface area contributed by atoms with E-state index in [0.717, 1.165) is 21.9 Å². The first-order valence-corrected chi connectivity index (χ1v) is 8.25. The number of hydrogen-bond acceptors (Lipinski definition) is 4. The maximum atomic E-state index is 4.40. The molecule has 1 unspecified atom stereocenters. The van der Waals surface area contributed by atoms with Gasteiger partial charge in [0.15, 0.2) is 5.65 Å². The Morgan fingerprint density at radius 2 is 2.14 bits per heavy atom. The molecular weight excluding hydrogens is 280 g/mol. The summed E-state index contributed by atoms with van der Waals surface area (Å²) < 4.78 is 0. The Hall–Kier alpha value is -1.88. The van der Waals surface area contributed by atoms with E-state index in [-0.39, 0.29) is 0 Å². The largest absolute Gasteiger partial charge is 0.341 e. The van der Waals surface area contributed by atoms with Crippen LogP contribution in [0.3, 0.4) is 0 Å². The van der Waals surface area contributed by atoms with Crippen LogP contribution >= 0.6 is 11.8 Å². The molecule has 1 aliphatic rings. The lowest BCUT2D eigenvalue weighted by atomic mass is 9.84. The fraction of sp³-hybridized carbons (Fsp3) is 0.312. The van der Waals surface area contributed by atoms with E-state index in [1.54, 1.807) is 24.4 Å². The number of hydrogen-bond donors (Lipinski definition) is 1. The summed E-state index contributed by atoms with van der Waals surface area (Å²) in [4.78, 5) is 15.9. The lowest BCUT2D eigenvalue weighted by Crippen LogP contribution is -2.11. The number of rotatable bonds is 3. The third-order valence-corrected chi connectivity index (χ3v) is 5.26. The van der Waals surface area contributed by atoms with Gasteiger partial charge in [-0.3, -0.25) is 0 Å². The molecule has 0 aliphatic heterocycles. The predicted molar refractivity (Wildman–Crippen MR) is 84.5 cm³/mol. The first-order valence-electron chi connectivity index (χ1n) is 7.26. The number of imidazole rings is 1. The molecule has 3 aromatic rings. The third kappa shape index (κ3) is 2.42. The number of fused-ring (bicyclic) bond motifs is 2. The van der Waals surface area contributed by atoms with Gasteiger partial charge in [-0.25, -0.2) is 15.0 Å². The van der Waals surface area contributed by atoms with Crippen molar-refractivity contribution in [2.24, 2.45) is 0 Å². The quantitative estimate of drug-likeness (QED) is 0.593. The van der Waals surface area contributed by atoms with E-state index in [2.05, 4.69) is 44.2 Å². The second-order valence-corrected chi connectivity index (χ2v) is 6.39. The monoisotopic (exact) mass is 296 g/mol. The van der Waals surface area contributed by atoms with Crippen molar-refractivity contribution in [3.63, 3.8) is 0 Å². The number of H-pyrrole nitrogens is 1. The molecule has 0 spiro atoms. The van der Waals surface area contributed by atoms with Crippen LogP contribution in [-0.4, -0.2) is 25.7 Å². The molecule has 0 amide bonds. The van der Waals surface area contributed by atoms with Crippen molar-refractivity contribution in [3.05, 3.63) is 48.0 Å². The van der Waals surface area contributed by atoms with Gasteiger partial charge in [0.2, 0.25) is 0 Å². The highest BCUT2D eigenvalue weighted by atomic mass is 32.2. The number of aromatic nitrogens is 4. The van der Waals surface area contributed by atoms with Crippen LogP contribution in [0.2, 0.25) is 0 Å². The van der Waals surface area contributed by atoms with Gasteiger partial charge < -0.3 is 4.98 Å². The lowest BCUT2D eigenvalue weighted by molar-refractivity contribution is 0.596. The van der Waals surface area contributed by atoms with Gasteiger partial charge in [0.05, 0.1) is 6.33 Å². The van der Waals surface area contributed by atoms with Gasteiger partial charge in [-0.2, -0.15) is 0 Å². The van der Waals surface area contributed by atoms with Gasteiger partial charge in [0.1, 0.15) is 16.9 Å². The average Bonchev–Trinajstić information content (AvgIpc) is 3.02. The van der Waals surface area contributed by atoms with E-state index in [4.69, 9.17) is 0 Å². The third-order valence-electron chi connectivity index (χ3n) is 4.10. The van der Waals surface area contributed by atoms with E-state index in [1.165, 1.54) is 30.4 Å². The fourth-order valence-electron chi connectivity index (χ4n) is 3.06. The van der Waals surface area contributed by atoms with E-state index >= 15 is 0 Å². The van der Waals surface area contributed by atoms with Gasteiger partial charge in [-0.05, 0) is 36.3 Å². The van der Waals surface area contributed by atoms with Crippen molar-refractivity contribution in [2.75, 3.05) is 5.75 Å². The Morgan fingerprint density at radius 1 is 1.19 bits per heavy atom. The highest BCUT2D eigenvalue weighted by Gasteiger charge is 2.20. The van der Waals surface area contributed by atoms with E-state index < -0.39 is 0 Å². The van der Waals surface area contributed by atoms with Crippen molar-refractivity contribution < 1.29 is 0 Å². The van der Waals surface area contributed by atoms with E-state index in [1.807, 2.05) is 0 Å². The summed E-state index contributed by atoms with van der Waals surface area (Å²) in [6.45, 7) is 0. The number of nitrogens with zero attached hydrogens (tertiary/aromatic N) is 3. The van der Waals surface area contributed by atoms with Crippen molar-refractivity contribution in [1.82, 2.24) is 19.9 Å². The zero-order valence-corrected chi connectivity index (χ0v) is 12.4. The highest BCUT2D eigenvalue weighted by molar-refractivity contribution is 7.99. The number of thioether (sulfide) groups is 1. The summed E-state index contributed by atoms with van der Waals surface area (Å²) in [5.41, 5.74) is 4.73. The van der Waals surface area contributed by atoms with Gasteiger partial charge in [-0.1, -0.05) is 24.3 Å². The van der Waals surface area contributed by atoms with Crippen molar-refractivity contribution in [1.29, 1.82) is 0 Å². The highest BCUT2D eigenvalue weighted by Crippen LogP contribution is 2.36. The smallest absolute Gasteiger partial charge is 0.181 e. The second kappa shape index (κ2) is 5.48. The Bertz CT molecular complexity index is 768. The zero-order chi connectivity index (χ0) is 14.1. The first kappa shape index (κ1) is 12.8. The summed E-state index contributed by atoms with van der Waals surface area (Å²) in [7, 11) is 0. The molecule has 0 saturated heterocycles. The molecule has 2 aromatic heterocycles. The molecule has 106 valence electrons. The Balaban J connectivity index is 1.57. The van der Waals surface area contributed by atoms with Gasteiger partial charge >= 0.3 is 0 Å². The summed E-state index contributed by atoms with van der Waals surface area (Å²) in [5.74, 6) is 1.68. The van der Waals surface area contributed by atoms with Gasteiger partial charge in [-0.15, -0.1) is 11.8 Å². The molecule has 5 heteroatoms. The number of aromatic amines is 1. The maximum absolute atomic E-state index is 4.40. The molecule has 0 bridgehead atoms. The van der Waals surface area contributed by atoms with Crippen LogP contribution in [0.5, 0.6) is 0 Å². The van der Waals surface area contributed by atoms with Crippen molar-refractivity contribution >= 4 is 22.9 Å². The zero-order valence-electron chi connectivity index (χ0n) is 11.6. The Kier molecular flexibility index (Phi) is 3.35. The molecule has 21 heavy (non-hydrogen) atoms. The molecule has 4 rings (SSSR count). The normalized spacial score (nSPS) is 17.8. The molecule has 0 radical (unpaired) electrons. The standard InChI is InChI=1S/C16H16N4S/c1-2-7-13-11(4-1)5-3-6-12(13)8-21-16-14-15(18-9-17-14)19-10-20-16/h1-2,4,7,9-10,12H,3,5-6,8H2,(H,17,18,19,20). The first-order chi connectivity index (χ1) is 10.4. The maximum Gasteiger partial charge on any atom is 0.181 e. The molecule has 4 nitrogen and oxygen atoms in total. The van der Waals surface area contributed by atoms with E-state index in [9.17, 15) is 0 Å². The van der Waals surface area contributed by atoms with Crippen LogP contribution in [0, 0.1) is 0 Å². The SMILES string of the molecule is c1ccc2c(c1)CCCC2CSc1ncnc2nc[nH]c12. The second-order valence-electron chi connectivity index (χ2n) is 5.38. The van der Waals surface area contributed by atoms with Crippen LogP contribution in [0.25, 0.3) is 11.2 Å². The van der Waals surface area contributed by atoms with Crippen LogP contribution in [0.1, 0.15) is 29.9 Å². The number of nitrogens with one attached hydrogen (secondary N) is 1. The molecule has 1 N–H and O–H groups in total.